The standard InChI is InChI=1S/C8H12OS/c1-6(2)5-7-3-4-10-8(7)9/h3-4,6,9H,5H2,1-2H3. The van der Waals surface area contributed by atoms with Gasteiger partial charge in [0.15, 0.2) is 5.06 Å². The Morgan fingerprint density at radius 3 is 2.70 bits per heavy atom. The zero-order chi connectivity index (χ0) is 7.56. The van der Waals surface area contributed by atoms with E-state index in [1.807, 2.05) is 11.4 Å². The van der Waals surface area contributed by atoms with E-state index < -0.39 is 0 Å². The molecule has 0 aliphatic rings. The molecule has 0 fully saturated rings. The van der Waals surface area contributed by atoms with Gasteiger partial charge in [0, 0.05) is 5.56 Å². The summed E-state index contributed by atoms with van der Waals surface area (Å²) in [5.41, 5.74) is 1.08. The summed E-state index contributed by atoms with van der Waals surface area (Å²) in [6.45, 7) is 4.30. The van der Waals surface area contributed by atoms with Crippen LogP contribution in [0.25, 0.3) is 0 Å². The van der Waals surface area contributed by atoms with Gasteiger partial charge in [-0.15, -0.1) is 11.3 Å². The van der Waals surface area contributed by atoms with Gasteiger partial charge in [-0.25, -0.2) is 0 Å². The molecule has 1 rings (SSSR count). The second-order valence-electron chi connectivity index (χ2n) is 2.85. The summed E-state index contributed by atoms with van der Waals surface area (Å²) in [5, 5.41) is 11.6. The number of aromatic hydroxyl groups is 1. The van der Waals surface area contributed by atoms with Crippen LogP contribution in [0.5, 0.6) is 5.06 Å². The van der Waals surface area contributed by atoms with Crippen LogP contribution in [0, 0.1) is 5.92 Å². The Kier molecular flexibility index (Phi) is 2.33. The van der Waals surface area contributed by atoms with E-state index in [9.17, 15) is 5.11 Å². The highest BCUT2D eigenvalue weighted by Gasteiger charge is 2.03. The third-order valence-electron chi connectivity index (χ3n) is 1.35. The van der Waals surface area contributed by atoms with Gasteiger partial charge in [0.25, 0.3) is 0 Å². The van der Waals surface area contributed by atoms with Crippen LogP contribution in [-0.4, -0.2) is 5.11 Å². The van der Waals surface area contributed by atoms with E-state index in [4.69, 9.17) is 0 Å². The maximum atomic E-state index is 9.22. The summed E-state index contributed by atoms with van der Waals surface area (Å²) in [6.07, 6.45) is 0.981. The molecule has 0 unspecified atom stereocenters. The molecule has 0 spiro atoms. The minimum absolute atomic E-state index is 0.480. The molecule has 0 aromatic carbocycles. The van der Waals surface area contributed by atoms with Crippen molar-refractivity contribution in [2.75, 3.05) is 0 Å². The van der Waals surface area contributed by atoms with E-state index in [1.165, 1.54) is 11.3 Å². The van der Waals surface area contributed by atoms with Gasteiger partial charge in [0.2, 0.25) is 0 Å². The average molecular weight is 156 g/mol. The van der Waals surface area contributed by atoms with Crippen LogP contribution in [0.2, 0.25) is 0 Å². The topological polar surface area (TPSA) is 20.2 Å². The van der Waals surface area contributed by atoms with Gasteiger partial charge in [-0.2, -0.15) is 0 Å². The van der Waals surface area contributed by atoms with Crippen molar-refractivity contribution in [3.63, 3.8) is 0 Å². The molecular formula is C8H12OS. The van der Waals surface area contributed by atoms with E-state index >= 15 is 0 Å². The molecule has 0 radical (unpaired) electrons. The highest BCUT2D eigenvalue weighted by Crippen LogP contribution is 2.25. The van der Waals surface area contributed by atoms with Crippen molar-refractivity contribution in [3.8, 4) is 5.06 Å². The predicted molar refractivity (Wildman–Crippen MR) is 44.5 cm³/mol. The lowest BCUT2D eigenvalue weighted by molar-refractivity contribution is 0.478. The first-order valence-electron chi connectivity index (χ1n) is 3.45. The molecule has 0 bridgehead atoms. The molecule has 1 N–H and O–H groups in total. The van der Waals surface area contributed by atoms with Crippen LogP contribution < -0.4 is 0 Å². The second-order valence-corrected chi connectivity index (χ2v) is 3.74. The summed E-state index contributed by atoms with van der Waals surface area (Å²) in [6, 6.07) is 1.99. The van der Waals surface area contributed by atoms with Gasteiger partial charge in [-0.3, -0.25) is 0 Å². The first kappa shape index (κ1) is 7.61. The maximum Gasteiger partial charge on any atom is 0.174 e. The summed E-state index contributed by atoms with van der Waals surface area (Å²) in [7, 11) is 0. The predicted octanol–water partition coefficient (Wildman–Crippen LogP) is 2.65. The second kappa shape index (κ2) is 3.06. The smallest absolute Gasteiger partial charge is 0.174 e. The number of thiophene rings is 1. The molecule has 0 atom stereocenters. The van der Waals surface area contributed by atoms with E-state index in [-0.39, 0.29) is 0 Å². The molecule has 0 amide bonds. The summed E-state index contributed by atoms with van der Waals surface area (Å²) < 4.78 is 0. The Labute approximate surface area is 65.3 Å². The molecule has 1 heterocycles. The third kappa shape index (κ3) is 1.74. The van der Waals surface area contributed by atoms with Gasteiger partial charge in [-0.1, -0.05) is 13.8 Å². The lowest BCUT2D eigenvalue weighted by atomic mass is 10.1. The van der Waals surface area contributed by atoms with Crippen molar-refractivity contribution in [3.05, 3.63) is 17.0 Å². The summed E-state index contributed by atoms with van der Waals surface area (Å²) in [4.78, 5) is 0. The number of hydrogen-bond donors (Lipinski definition) is 1. The molecule has 0 aliphatic carbocycles. The molecule has 56 valence electrons. The molecule has 0 aliphatic heterocycles. The van der Waals surface area contributed by atoms with E-state index in [0.717, 1.165) is 12.0 Å². The van der Waals surface area contributed by atoms with Crippen molar-refractivity contribution in [2.24, 2.45) is 5.92 Å². The number of rotatable bonds is 2. The molecule has 0 saturated carbocycles. The van der Waals surface area contributed by atoms with Crippen LogP contribution in [0.3, 0.4) is 0 Å². The fourth-order valence-corrected chi connectivity index (χ4v) is 1.59. The van der Waals surface area contributed by atoms with E-state index in [1.54, 1.807) is 0 Å². The van der Waals surface area contributed by atoms with Crippen molar-refractivity contribution in [2.45, 2.75) is 20.3 Å². The highest BCUT2D eigenvalue weighted by atomic mass is 32.1. The first-order chi connectivity index (χ1) is 4.70. The van der Waals surface area contributed by atoms with Crippen LogP contribution in [-0.2, 0) is 6.42 Å². The molecular weight excluding hydrogens is 144 g/mol. The fourth-order valence-electron chi connectivity index (χ4n) is 0.923. The zero-order valence-corrected chi connectivity index (χ0v) is 7.11. The Bertz CT molecular complexity index is 203. The molecule has 1 aromatic rings. The molecule has 2 heteroatoms. The van der Waals surface area contributed by atoms with Crippen molar-refractivity contribution < 1.29 is 5.11 Å². The Hall–Kier alpha value is -0.500. The molecule has 10 heavy (non-hydrogen) atoms. The van der Waals surface area contributed by atoms with E-state index in [2.05, 4.69) is 13.8 Å². The Morgan fingerprint density at radius 2 is 2.30 bits per heavy atom. The highest BCUT2D eigenvalue weighted by molar-refractivity contribution is 7.11. The number of hydrogen-bond acceptors (Lipinski definition) is 2. The average Bonchev–Trinajstić information content (AvgIpc) is 2.15. The first-order valence-corrected chi connectivity index (χ1v) is 4.33. The van der Waals surface area contributed by atoms with Crippen LogP contribution >= 0.6 is 11.3 Å². The molecule has 1 aromatic heterocycles. The minimum atomic E-state index is 0.480. The minimum Gasteiger partial charge on any atom is -0.499 e. The van der Waals surface area contributed by atoms with Crippen molar-refractivity contribution >= 4 is 11.3 Å². The summed E-state index contributed by atoms with van der Waals surface area (Å²) >= 11 is 1.40. The lowest BCUT2D eigenvalue weighted by Gasteiger charge is -2.01. The van der Waals surface area contributed by atoms with Crippen LogP contribution in [0.15, 0.2) is 11.4 Å². The van der Waals surface area contributed by atoms with Crippen molar-refractivity contribution in [1.29, 1.82) is 0 Å². The zero-order valence-electron chi connectivity index (χ0n) is 6.29. The largest absolute Gasteiger partial charge is 0.499 e. The van der Waals surface area contributed by atoms with Gasteiger partial charge < -0.3 is 5.11 Å². The van der Waals surface area contributed by atoms with E-state index in [0.29, 0.717) is 11.0 Å². The van der Waals surface area contributed by atoms with Gasteiger partial charge in [-0.05, 0) is 23.8 Å². The Morgan fingerprint density at radius 1 is 1.60 bits per heavy atom. The Balaban J connectivity index is 2.65. The van der Waals surface area contributed by atoms with Gasteiger partial charge in [0.05, 0.1) is 0 Å². The maximum absolute atomic E-state index is 9.22. The fraction of sp³-hybridized carbons (Fsp3) is 0.500. The van der Waals surface area contributed by atoms with Crippen LogP contribution in [0.1, 0.15) is 19.4 Å². The lowest BCUT2D eigenvalue weighted by Crippen LogP contribution is -1.91. The van der Waals surface area contributed by atoms with Crippen LogP contribution in [0.4, 0.5) is 0 Å². The quantitative estimate of drug-likeness (QED) is 0.698. The molecule has 0 saturated heterocycles. The van der Waals surface area contributed by atoms with Gasteiger partial charge >= 0.3 is 0 Å². The van der Waals surface area contributed by atoms with Gasteiger partial charge in [0.1, 0.15) is 0 Å². The normalized spacial score (nSPS) is 10.7. The summed E-state index contributed by atoms with van der Waals surface area (Å²) in [5.74, 6) is 0.625. The monoisotopic (exact) mass is 156 g/mol. The van der Waals surface area contributed by atoms with Crippen molar-refractivity contribution in [1.82, 2.24) is 0 Å². The third-order valence-corrected chi connectivity index (χ3v) is 2.11. The SMILES string of the molecule is CC(C)Cc1ccsc1O. The molecule has 1 nitrogen and oxygen atoms in total.